The van der Waals surface area contributed by atoms with Crippen LogP contribution in [0.15, 0.2) is 0 Å². The van der Waals surface area contributed by atoms with Gasteiger partial charge in [-0.2, -0.15) is 0 Å². The Bertz CT molecular complexity index is 56.8. The van der Waals surface area contributed by atoms with Crippen LogP contribution in [-0.2, 0) is 4.12 Å². The van der Waals surface area contributed by atoms with E-state index in [0.29, 0.717) is 0 Å². The van der Waals surface area contributed by atoms with E-state index in [1.807, 2.05) is 0 Å². The molecule has 0 aromatic heterocycles. The first-order valence-electron chi connectivity index (χ1n) is 2.92. The lowest BCUT2D eigenvalue weighted by Crippen LogP contribution is -2.27. The SMILES string of the molecule is CC[Si](Cl)(CC)O[SiH3]. The molecule has 0 saturated carbocycles. The maximum Gasteiger partial charge on any atom is 0.279 e. The van der Waals surface area contributed by atoms with Crippen LogP contribution in [0.2, 0.25) is 12.1 Å². The summed E-state index contributed by atoms with van der Waals surface area (Å²) in [6.45, 7) is 4.20. The van der Waals surface area contributed by atoms with E-state index in [0.717, 1.165) is 22.6 Å². The molecule has 0 radical (unpaired) electrons. The van der Waals surface area contributed by atoms with E-state index in [1.165, 1.54) is 0 Å². The molecular weight excluding hydrogens is 156 g/mol. The van der Waals surface area contributed by atoms with Gasteiger partial charge in [-0.3, -0.25) is 0 Å². The average molecular weight is 169 g/mol. The fraction of sp³-hybridized carbons (Fsp3) is 1.00. The number of halogens is 1. The van der Waals surface area contributed by atoms with E-state index in [2.05, 4.69) is 13.8 Å². The summed E-state index contributed by atoms with van der Waals surface area (Å²) in [5, 5.41) is 0. The summed E-state index contributed by atoms with van der Waals surface area (Å²) in [5.41, 5.74) is 0. The maximum absolute atomic E-state index is 6.04. The van der Waals surface area contributed by atoms with Crippen molar-refractivity contribution in [3.63, 3.8) is 0 Å². The Labute approximate surface area is 59.8 Å². The van der Waals surface area contributed by atoms with Gasteiger partial charge < -0.3 is 4.12 Å². The predicted octanol–water partition coefficient (Wildman–Crippen LogP) is 1.00. The van der Waals surface area contributed by atoms with Crippen molar-refractivity contribution in [1.82, 2.24) is 0 Å². The van der Waals surface area contributed by atoms with E-state index in [4.69, 9.17) is 15.2 Å². The van der Waals surface area contributed by atoms with Crippen LogP contribution in [-0.4, -0.2) is 18.1 Å². The Morgan fingerprint density at radius 2 is 1.88 bits per heavy atom. The van der Waals surface area contributed by atoms with Crippen molar-refractivity contribution in [1.29, 1.82) is 0 Å². The summed E-state index contributed by atoms with van der Waals surface area (Å²) in [4.78, 5) is 0. The highest BCUT2D eigenvalue weighted by atomic mass is 35.6. The third-order valence-electron chi connectivity index (χ3n) is 1.42. The average Bonchev–Trinajstić information content (AvgIpc) is 1.87. The van der Waals surface area contributed by atoms with Crippen molar-refractivity contribution in [3.05, 3.63) is 0 Å². The van der Waals surface area contributed by atoms with Gasteiger partial charge in [-0.1, -0.05) is 13.8 Å². The molecule has 4 heteroatoms. The zero-order chi connectivity index (χ0) is 6.62. The molecule has 0 unspecified atom stereocenters. The molecule has 0 N–H and O–H groups in total. The lowest BCUT2D eigenvalue weighted by molar-refractivity contribution is 0.617. The molecule has 0 aromatic rings. The lowest BCUT2D eigenvalue weighted by atomic mass is 11.0. The van der Waals surface area contributed by atoms with Crippen LogP contribution < -0.4 is 0 Å². The summed E-state index contributed by atoms with van der Waals surface area (Å²) in [6.07, 6.45) is 0. The molecule has 0 aliphatic carbocycles. The minimum Gasteiger partial charge on any atom is -0.453 e. The van der Waals surface area contributed by atoms with E-state index < -0.39 is 7.63 Å². The van der Waals surface area contributed by atoms with Crippen LogP contribution in [0.1, 0.15) is 13.8 Å². The molecule has 0 amide bonds. The molecular formula is C4H13ClOSi2. The first-order chi connectivity index (χ1) is 3.68. The fourth-order valence-corrected chi connectivity index (χ4v) is 3.35. The van der Waals surface area contributed by atoms with Crippen LogP contribution >= 0.6 is 11.1 Å². The van der Waals surface area contributed by atoms with E-state index >= 15 is 0 Å². The van der Waals surface area contributed by atoms with Crippen molar-refractivity contribution < 1.29 is 4.12 Å². The zero-order valence-electron chi connectivity index (χ0n) is 5.70. The number of hydrogen-bond acceptors (Lipinski definition) is 1. The summed E-state index contributed by atoms with van der Waals surface area (Å²) in [7, 11) is -0.842. The molecule has 1 nitrogen and oxygen atoms in total. The largest absolute Gasteiger partial charge is 0.453 e. The van der Waals surface area contributed by atoms with Crippen LogP contribution in [0.25, 0.3) is 0 Å². The van der Waals surface area contributed by atoms with Gasteiger partial charge in [0.1, 0.15) is 10.5 Å². The van der Waals surface area contributed by atoms with Crippen molar-refractivity contribution >= 4 is 29.2 Å². The van der Waals surface area contributed by atoms with Gasteiger partial charge in [0.15, 0.2) is 0 Å². The second-order valence-corrected chi connectivity index (χ2v) is 8.67. The Morgan fingerprint density at radius 3 is 1.88 bits per heavy atom. The smallest absolute Gasteiger partial charge is 0.279 e. The molecule has 0 saturated heterocycles. The van der Waals surface area contributed by atoms with Crippen molar-refractivity contribution in [2.75, 3.05) is 0 Å². The van der Waals surface area contributed by atoms with Crippen LogP contribution in [0.5, 0.6) is 0 Å². The second-order valence-electron chi connectivity index (χ2n) is 1.79. The van der Waals surface area contributed by atoms with Gasteiger partial charge in [0.2, 0.25) is 0 Å². The van der Waals surface area contributed by atoms with Gasteiger partial charge in [-0.25, -0.2) is 0 Å². The quantitative estimate of drug-likeness (QED) is 0.452. The summed E-state index contributed by atoms with van der Waals surface area (Å²) in [6, 6.07) is 2.07. The maximum atomic E-state index is 6.04. The molecule has 0 heterocycles. The summed E-state index contributed by atoms with van der Waals surface area (Å²) < 4.78 is 5.28. The van der Waals surface area contributed by atoms with Crippen LogP contribution in [0.3, 0.4) is 0 Å². The van der Waals surface area contributed by atoms with Gasteiger partial charge in [0.25, 0.3) is 7.63 Å². The van der Waals surface area contributed by atoms with Gasteiger partial charge in [-0.05, 0) is 12.1 Å². The number of rotatable bonds is 3. The van der Waals surface area contributed by atoms with Gasteiger partial charge in [0, 0.05) is 0 Å². The topological polar surface area (TPSA) is 9.23 Å². The molecule has 8 heavy (non-hydrogen) atoms. The van der Waals surface area contributed by atoms with Gasteiger partial charge in [0.05, 0.1) is 0 Å². The summed E-state index contributed by atoms with van der Waals surface area (Å²) >= 11 is 6.04. The molecule has 50 valence electrons. The third-order valence-corrected chi connectivity index (χ3v) is 9.45. The normalized spacial score (nSPS) is 12.4. The van der Waals surface area contributed by atoms with E-state index in [-0.39, 0.29) is 0 Å². The number of hydrogen-bond donors (Lipinski definition) is 0. The molecule has 0 aliphatic heterocycles. The van der Waals surface area contributed by atoms with E-state index in [9.17, 15) is 0 Å². The molecule has 0 rings (SSSR count). The van der Waals surface area contributed by atoms with Gasteiger partial charge >= 0.3 is 0 Å². The highest BCUT2D eigenvalue weighted by Crippen LogP contribution is 2.19. The molecule has 0 fully saturated rings. The Morgan fingerprint density at radius 1 is 1.50 bits per heavy atom. The highest BCUT2D eigenvalue weighted by molar-refractivity contribution is 7.17. The summed E-state index contributed by atoms with van der Waals surface area (Å²) in [5.74, 6) is 0. The first-order valence-corrected chi connectivity index (χ1v) is 7.07. The Kier molecular flexibility index (Phi) is 3.97. The minimum absolute atomic E-state index is 0.796. The molecule has 0 aliphatic rings. The van der Waals surface area contributed by atoms with Crippen molar-refractivity contribution in [2.24, 2.45) is 0 Å². The molecule has 0 bridgehead atoms. The first kappa shape index (κ1) is 8.68. The van der Waals surface area contributed by atoms with E-state index in [1.54, 1.807) is 0 Å². The highest BCUT2D eigenvalue weighted by Gasteiger charge is 2.24. The Balaban J connectivity index is 3.58. The Hall–Kier alpha value is 0.684. The van der Waals surface area contributed by atoms with Crippen molar-refractivity contribution in [3.8, 4) is 0 Å². The minimum atomic E-state index is -1.64. The fourth-order valence-electron chi connectivity index (χ4n) is 0.539. The third kappa shape index (κ3) is 2.30. The van der Waals surface area contributed by atoms with Crippen molar-refractivity contribution in [2.45, 2.75) is 25.9 Å². The van der Waals surface area contributed by atoms with Gasteiger partial charge in [-0.15, -0.1) is 11.1 Å². The second kappa shape index (κ2) is 3.66. The standard InChI is InChI=1S/C4H13ClOSi2/c1-3-8(5,4-2)6-7/h3-4H2,1-2,7H3. The zero-order valence-corrected chi connectivity index (χ0v) is 9.46. The lowest BCUT2D eigenvalue weighted by Gasteiger charge is -2.18. The molecule has 0 atom stereocenters. The molecule has 0 spiro atoms. The monoisotopic (exact) mass is 168 g/mol. The van der Waals surface area contributed by atoms with Crippen LogP contribution in [0, 0.1) is 0 Å². The van der Waals surface area contributed by atoms with Crippen LogP contribution in [0.4, 0.5) is 0 Å². The predicted molar refractivity (Wildman–Crippen MR) is 43.6 cm³/mol. The molecule has 0 aromatic carbocycles.